The molecule has 1 saturated heterocycles. The Labute approximate surface area is 190 Å². The number of para-hydroxylation sites is 1. The zero-order valence-electron chi connectivity index (χ0n) is 17.2. The fourth-order valence-corrected chi connectivity index (χ4v) is 3.87. The first-order valence-corrected chi connectivity index (χ1v) is 10.6. The van der Waals surface area contributed by atoms with Gasteiger partial charge in [-0.05, 0) is 54.2 Å². The minimum absolute atomic E-state index is 0.216. The zero-order valence-corrected chi connectivity index (χ0v) is 18.1. The lowest BCUT2D eigenvalue weighted by Gasteiger charge is -2.10. The minimum atomic E-state index is -0.216. The van der Waals surface area contributed by atoms with Gasteiger partial charge in [0.15, 0.2) is 5.17 Å². The summed E-state index contributed by atoms with van der Waals surface area (Å²) in [5, 5.41) is 12.6. The van der Waals surface area contributed by atoms with Crippen LogP contribution in [0.2, 0.25) is 0 Å². The second-order valence-electron chi connectivity index (χ2n) is 6.78. The quantitative estimate of drug-likeness (QED) is 0.542. The first-order chi connectivity index (χ1) is 15.7. The molecule has 0 radical (unpaired) electrons. The summed E-state index contributed by atoms with van der Waals surface area (Å²) < 4.78 is 11.1. The van der Waals surface area contributed by atoms with Crippen LogP contribution in [0, 0.1) is 11.3 Å². The van der Waals surface area contributed by atoms with Gasteiger partial charge in [0.25, 0.3) is 5.91 Å². The molecule has 0 saturated carbocycles. The zero-order chi connectivity index (χ0) is 22.3. The highest BCUT2D eigenvalue weighted by Gasteiger charge is 2.24. The van der Waals surface area contributed by atoms with E-state index in [2.05, 4.69) is 16.4 Å². The number of rotatable bonds is 6. The number of amidine groups is 1. The van der Waals surface area contributed by atoms with Gasteiger partial charge >= 0.3 is 0 Å². The first-order valence-electron chi connectivity index (χ1n) is 9.80. The molecule has 1 aliphatic rings. The van der Waals surface area contributed by atoms with Crippen molar-refractivity contribution in [3.05, 3.63) is 94.4 Å². The smallest absolute Gasteiger partial charge is 0.264 e. The van der Waals surface area contributed by atoms with Crippen molar-refractivity contribution in [2.24, 2.45) is 4.99 Å². The van der Waals surface area contributed by atoms with Crippen LogP contribution in [0.3, 0.4) is 0 Å². The Morgan fingerprint density at radius 1 is 1.06 bits per heavy atom. The van der Waals surface area contributed by atoms with Crippen molar-refractivity contribution in [1.82, 2.24) is 5.32 Å². The van der Waals surface area contributed by atoms with Crippen LogP contribution in [0.1, 0.15) is 16.7 Å². The van der Waals surface area contributed by atoms with Gasteiger partial charge in [-0.2, -0.15) is 5.26 Å². The molecular weight excluding hydrogens is 422 g/mol. The molecule has 4 rings (SSSR count). The van der Waals surface area contributed by atoms with E-state index in [1.165, 1.54) is 11.8 Å². The summed E-state index contributed by atoms with van der Waals surface area (Å²) in [5.41, 5.74) is 2.87. The number of thioether (sulfide) groups is 1. The third-order valence-electron chi connectivity index (χ3n) is 4.68. The number of hydrogen-bond donors (Lipinski definition) is 1. The Kier molecular flexibility index (Phi) is 6.54. The highest BCUT2D eigenvalue weighted by molar-refractivity contribution is 8.18. The number of benzene rings is 3. The predicted octanol–water partition coefficient (Wildman–Crippen LogP) is 5.04. The van der Waals surface area contributed by atoms with Gasteiger partial charge in [-0.15, -0.1) is 0 Å². The molecule has 0 bridgehead atoms. The van der Waals surface area contributed by atoms with Crippen LogP contribution >= 0.6 is 11.8 Å². The van der Waals surface area contributed by atoms with E-state index in [0.717, 1.165) is 22.6 Å². The minimum Gasteiger partial charge on any atom is -0.497 e. The van der Waals surface area contributed by atoms with E-state index >= 15 is 0 Å². The molecule has 3 aromatic carbocycles. The van der Waals surface area contributed by atoms with Crippen LogP contribution in [-0.4, -0.2) is 18.2 Å². The second kappa shape index (κ2) is 9.86. The molecule has 3 aromatic rings. The number of nitrogens with one attached hydrogen (secondary N) is 1. The Balaban J connectivity index is 1.52. The molecule has 0 unspecified atom stereocenters. The van der Waals surface area contributed by atoms with E-state index in [4.69, 9.17) is 9.47 Å². The molecule has 0 aliphatic carbocycles. The van der Waals surface area contributed by atoms with Gasteiger partial charge in [-0.1, -0.05) is 36.4 Å². The number of nitriles is 1. The number of carbonyl (C=O) groups excluding carboxylic acids is 1. The molecule has 1 amide bonds. The van der Waals surface area contributed by atoms with Gasteiger partial charge in [0.05, 0.1) is 29.3 Å². The van der Waals surface area contributed by atoms with E-state index in [1.807, 2.05) is 66.7 Å². The summed E-state index contributed by atoms with van der Waals surface area (Å²) >= 11 is 1.27. The van der Waals surface area contributed by atoms with Crippen LogP contribution in [0.25, 0.3) is 6.08 Å². The summed E-state index contributed by atoms with van der Waals surface area (Å²) in [7, 11) is 1.61. The van der Waals surface area contributed by atoms with Gasteiger partial charge in [-0.3, -0.25) is 4.79 Å². The molecule has 0 atom stereocenters. The molecule has 32 heavy (non-hydrogen) atoms. The number of carbonyl (C=O) groups is 1. The molecule has 1 heterocycles. The van der Waals surface area contributed by atoms with Crippen molar-refractivity contribution in [2.45, 2.75) is 6.61 Å². The van der Waals surface area contributed by atoms with Crippen LogP contribution in [0.5, 0.6) is 11.5 Å². The predicted molar refractivity (Wildman–Crippen MR) is 126 cm³/mol. The summed E-state index contributed by atoms with van der Waals surface area (Å²) in [5.74, 6) is 1.15. The fraction of sp³-hybridized carbons (Fsp3) is 0.0800. The molecule has 0 aromatic heterocycles. The monoisotopic (exact) mass is 441 g/mol. The highest BCUT2D eigenvalue weighted by atomic mass is 32.2. The van der Waals surface area contributed by atoms with E-state index in [1.54, 1.807) is 19.3 Å². The Hall–Kier alpha value is -4.02. The van der Waals surface area contributed by atoms with Crippen molar-refractivity contribution in [1.29, 1.82) is 5.26 Å². The molecular formula is C25H19N3O3S. The molecule has 1 aliphatic heterocycles. The number of ether oxygens (including phenoxy) is 2. The van der Waals surface area contributed by atoms with E-state index < -0.39 is 0 Å². The lowest BCUT2D eigenvalue weighted by molar-refractivity contribution is -0.115. The van der Waals surface area contributed by atoms with Gasteiger partial charge in [0.1, 0.15) is 18.1 Å². The first kappa shape index (κ1) is 21.2. The van der Waals surface area contributed by atoms with Crippen LogP contribution in [0.4, 0.5) is 5.69 Å². The van der Waals surface area contributed by atoms with Crippen LogP contribution in [-0.2, 0) is 11.4 Å². The Bertz CT molecular complexity index is 1240. The Morgan fingerprint density at radius 3 is 2.59 bits per heavy atom. The van der Waals surface area contributed by atoms with Crippen LogP contribution < -0.4 is 14.8 Å². The van der Waals surface area contributed by atoms with Gasteiger partial charge < -0.3 is 14.8 Å². The third kappa shape index (κ3) is 4.99. The van der Waals surface area contributed by atoms with Gasteiger partial charge in [0.2, 0.25) is 0 Å². The third-order valence-corrected chi connectivity index (χ3v) is 5.59. The molecule has 6 nitrogen and oxygen atoms in total. The van der Waals surface area contributed by atoms with Crippen molar-refractivity contribution in [2.75, 3.05) is 7.11 Å². The Morgan fingerprint density at radius 2 is 1.81 bits per heavy atom. The average Bonchev–Trinajstić information content (AvgIpc) is 3.17. The number of methoxy groups -OCH3 is 1. The van der Waals surface area contributed by atoms with E-state index in [0.29, 0.717) is 21.4 Å². The van der Waals surface area contributed by atoms with Crippen LogP contribution in [0.15, 0.2) is 82.7 Å². The standard InChI is InChI=1S/C25H19N3O3S/c1-30-21-12-10-20(11-13-21)27-25-28-24(29)23(32-25)14-17-6-4-5-9-22(17)31-16-19-8-3-2-7-18(19)15-26/h2-14H,16H2,1H3,(H,27,28,29)/b23-14+. The van der Waals surface area contributed by atoms with E-state index in [9.17, 15) is 10.1 Å². The number of nitrogens with zero attached hydrogens (tertiary/aromatic N) is 2. The summed E-state index contributed by atoms with van der Waals surface area (Å²) in [6.45, 7) is 0.257. The molecule has 158 valence electrons. The highest BCUT2D eigenvalue weighted by Crippen LogP contribution is 2.31. The molecule has 7 heteroatoms. The topological polar surface area (TPSA) is 83.7 Å². The molecule has 1 fully saturated rings. The fourth-order valence-electron chi connectivity index (χ4n) is 3.04. The lowest BCUT2D eigenvalue weighted by atomic mass is 10.1. The van der Waals surface area contributed by atoms with Crippen molar-refractivity contribution >= 4 is 34.6 Å². The number of amides is 1. The normalized spacial score (nSPS) is 15.4. The van der Waals surface area contributed by atoms with Crippen molar-refractivity contribution < 1.29 is 14.3 Å². The maximum Gasteiger partial charge on any atom is 0.264 e. The molecule has 0 spiro atoms. The number of aliphatic imine (C=N–C) groups is 1. The maximum atomic E-state index is 12.5. The largest absolute Gasteiger partial charge is 0.497 e. The van der Waals surface area contributed by atoms with Gasteiger partial charge in [0, 0.05) is 11.1 Å². The lowest BCUT2D eigenvalue weighted by Crippen LogP contribution is -2.19. The van der Waals surface area contributed by atoms with Crippen molar-refractivity contribution in [3.63, 3.8) is 0 Å². The number of hydrogen-bond acceptors (Lipinski definition) is 6. The average molecular weight is 442 g/mol. The second-order valence-corrected chi connectivity index (χ2v) is 7.81. The summed E-state index contributed by atoms with van der Waals surface area (Å²) in [6.07, 6.45) is 1.78. The summed E-state index contributed by atoms with van der Waals surface area (Å²) in [6, 6.07) is 24.2. The van der Waals surface area contributed by atoms with E-state index in [-0.39, 0.29) is 12.5 Å². The molecule has 1 N–H and O–H groups in total. The maximum absolute atomic E-state index is 12.5. The van der Waals surface area contributed by atoms with Gasteiger partial charge in [-0.25, -0.2) is 4.99 Å². The van der Waals surface area contributed by atoms with Crippen molar-refractivity contribution in [3.8, 4) is 17.6 Å². The summed E-state index contributed by atoms with van der Waals surface area (Å²) in [4.78, 5) is 17.5. The SMILES string of the molecule is COc1ccc(N=C2NC(=O)/C(=C\c3ccccc3OCc3ccccc3C#N)S2)cc1.